The second-order valence-corrected chi connectivity index (χ2v) is 7.95. The van der Waals surface area contributed by atoms with Crippen LogP contribution >= 0.6 is 0 Å². The van der Waals surface area contributed by atoms with Crippen LogP contribution in [0.5, 0.6) is 11.5 Å². The molecule has 1 aliphatic rings. The average molecular weight is 420 g/mol. The van der Waals surface area contributed by atoms with Gasteiger partial charge in [-0.15, -0.1) is 0 Å². The molecule has 2 heterocycles. The Labute approximate surface area is 183 Å². The zero-order valence-corrected chi connectivity index (χ0v) is 18.4. The molecule has 1 aromatic heterocycles. The maximum absolute atomic E-state index is 13.3. The molecule has 0 atom stereocenters. The molecule has 1 fully saturated rings. The van der Waals surface area contributed by atoms with Crippen LogP contribution in [0.25, 0.3) is 10.9 Å². The number of amides is 1. The fraction of sp³-hybridized carbons (Fsp3) is 0.360. The van der Waals surface area contributed by atoms with Gasteiger partial charge in [0.05, 0.1) is 31.0 Å². The predicted octanol–water partition coefficient (Wildman–Crippen LogP) is 3.91. The van der Waals surface area contributed by atoms with Crippen molar-refractivity contribution in [3.63, 3.8) is 0 Å². The van der Waals surface area contributed by atoms with Crippen LogP contribution in [0.15, 0.2) is 48.5 Å². The first-order chi connectivity index (χ1) is 15.1. The largest absolute Gasteiger partial charge is 0.497 e. The first-order valence-electron chi connectivity index (χ1n) is 10.7. The Kier molecular flexibility index (Phi) is 6.37. The molecule has 4 rings (SSSR count). The van der Waals surface area contributed by atoms with E-state index in [1.54, 1.807) is 14.2 Å². The van der Waals surface area contributed by atoms with Gasteiger partial charge in [-0.05, 0) is 49.2 Å². The number of hydrogen-bond donors (Lipinski definition) is 0. The van der Waals surface area contributed by atoms with E-state index in [4.69, 9.17) is 9.47 Å². The monoisotopic (exact) mass is 419 g/mol. The lowest BCUT2D eigenvalue weighted by atomic mass is 10.1. The molecule has 0 aliphatic carbocycles. The topological polar surface area (TPSA) is 54.9 Å². The Bertz CT molecular complexity index is 1070. The standard InChI is InChI=1S/C25H29N3O3/c1-18-23(15-20-7-10-22(31-3)16-24(20)26-18)25(29)28-12-4-11-27(13-14-28)17-19-5-8-21(30-2)9-6-19/h5-10,15-16H,4,11-14,17H2,1-3H3. The van der Waals surface area contributed by atoms with E-state index in [0.717, 1.165) is 67.2 Å². The Morgan fingerprint density at radius 1 is 0.935 bits per heavy atom. The van der Waals surface area contributed by atoms with Crippen molar-refractivity contribution in [3.05, 3.63) is 65.4 Å². The highest BCUT2D eigenvalue weighted by Crippen LogP contribution is 2.23. The number of benzene rings is 2. The van der Waals surface area contributed by atoms with Gasteiger partial charge in [0.25, 0.3) is 5.91 Å². The molecule has 0 unspecified atom stereocenters. The van der Waals surface area contributed by atoms with Gasteiger partial charge in [0.2, 0.25) is 0 Å². The minimum atomic E-state index is 0.0639. The van der Waals surface area contributed by atoms with E-state index in [-0.39, 0.29) is 5.91 Å². The summed E-state index contributed by atoms with van der Waals surface area (Å²) in [7, 11) is 3.32. The summed E-state index contributed by atoms with van der Waals surface area (Å²) in [6.07, 6.45) is 0.957. The molecule has 31 heavy (non-hydrogen) atoms. The lowest BCUT2D eigenvalue weighted by molar-refractivity contribution is 0.0760. The van der Waals surface area contributed by atoms with Gasteiger partial charge in [0.15, 0.2) is 0 Å². The average Bonchev–Trinajstić information content (AvgIpc) is 3.04. The first kappa shape index (κ1) is 21.1. The Morgan fingerprint density at radius 2 is 1.68 bits per heavy atom. The fourth-order valence-corrected chi connectivity index (χ4v) is 4.08. The number of aromatic nitrogens is 1. The summed E-state index contributed by atoms with van der Waals surface area (Å²) in [6, 6.07) is 15.9. The van der Waals surface area contributed by atoms with Gasteiger partial charge in [0.1, 0.15) is 11.5 Å². The molecule has 1 saturated heterocycles. The minimum absolute atomic E-state index is 0.0639. The van der Waals surface area contributed by atoms with Crippen molar-refractivity contribution < 1.29 is 14.3 Å². The van der Waals surface area contributed by atoms with Gasteiger partial charge >= 0.3 is 0 Å². The van der Waals surface area contributed by atoms with Crippen LogP contribution in [0.4, 0.5) is 0 Å². The molecule has 6 nitrogen and oxygen atoms in total. The number of nitrogens with zero attached hydrogens (tertiary/aromatic N) is 3. The highest BCUT2D eigenvalue weighted by Gasteiger charge is 2.22. The van der Waals surface area contributed by atoms with Crippen LogP contribution in [-0.4, -0.2) is 61.1 Å². The zero-order chi connectivity index (χ0) is 21.8. The van der Waals surface area contributed by atoms with Crippen molar-refractivity contribution in [3.8, 4) is 11.5 Å². The Hall–Kier alpha value is -3.12. The van der Waals surface area contributed by atoms with Crippen molar-refractivity contribution in [2.24, 2.45) is 0 Å². The van der Waals surface area contributed by atoms with E-state index in [2.05, 4.69) is 22.0 Å². The number of carbonyl (C=O) groups excluding carboxylic acids is 1. The summed E-state index contributed by atoms with van der Waals surface area (Å²) in [6.45, 7) is 6.09. The predicted molar refractivity (Wildman–Crippen MR) is 122 cm³/mol. The lowest BCUT2D eigenvalue weighted by Crippen LogP contribution is -2.35. The summed E-state index contributed by atoms with van der Waals surface area (Å²) in [4.78, 5) is 22.3. The highest BCUT2D eigenvalue weighted by molar-refractivity contribution is 5.98. The molecular formula is C25H29N3O3. The summed E-state index contributed by atoms with van der Waals surface area (Å²) in [5, 5.41) is 0.950. The molecule has 0 saturated carbocycles. The third kappa shape index (κ3) is 4.80. The number of rotatable bonds is 5. The molecule has 0 N–H and O–H groups in total. The van der Waals surface area contributed by atoms with Gasteiger partial charge in [-0.2, -0.15) is 0 Å². The van der Waals surface area contributed by atoms with E-state index in [0.29, 0.717) is 5.56 Å². The number of ether oxygens (including phenoxy) is 2. The summed E-state index contributed by atoms with van der Waals surface area (Å²) in [5.74, 6) is 1.70. The van der Waals surface area contributed by atoms with E-state index in [1.165, 1.54) is 5.56 Å². The molecule has 1 aliphatic heterocycles. The summed E-state index contributed by atoms with van der Waals surface area (Å²) in [5.41, 5.74) is 3.53. The molecule has 0 spiro atoms. The highest BCUT2D eigenvalue weighted by atomic mass is 16.5. The first-order valence-corrected chi connectivity index (χ1v) is 10.7. The van der Waals surface area contributed by atoms with Crippen molar-refractivity contribution in [2.45, 2.75) is 19.9 Å². The smallest absolute Gasteiger partial charge is 0.255 e. The van der Waals surface area contributed by atoms with Crippen molar-refractivity contribution >= 4 is 16.8 Å². The van der Waals surface area contributed by atoms with Gasteiger partial charge in [0, 0.05) is 44.2 Å². The minimum Gasteiger partial charge on any atom is -0.497 e. The number of aryl methyl sites for hydroxylation is 1. The third-order valence-corrected chi connectivity index (χ3v) is 5.89. The molecule has 0 radical (unpaired) electrons. The quantitative estimate of drug-likeness (QED) is 0.628. The van der Waals surface area contributed by atoms with Crippen LogP contribution in [0.3, 0.4) is 0 Å². The maximum Gasteiger partial charge on any atom is 0.255 e. The van der Waals surface area contributed by atoms with Gasteiger partial charge < -0.3 is 14.4 Å². The van der Waals surface area contributed by atoms with Gasteiger partial charge in [-0.25, -0.2) is 0 Å². The third-order valence-electron chi connectivity index (χ3n) is 5.89. The van der Waals surface area contributed by atoms with E-state index in [1.807, 2.05) is 48.2 Å². The Balaban J connectivity index is 1.45. The van der Waals surface area contributed by atoms with Crippen LogP contribution in [-0.2, 0) is 6.54 Å². The molecule has 2 aromatic carbocycles. The van der Waals surface area contributed by atoms with E-state index < -0.39 is 0 Å². The van der Waals surface area contributed by atoms with Crippen LogP contribution in [0.1, 0.15) is 28.0 Å². The van der Waals surface area contributed by atoms with Crippen LogP contribution in [0.2, 0.25) is 0 Å². The summed E-state index contributed by atoms with van der Waals surface area (Å²) < 4.78 is 10.5. The zero-order valence-electron chi connectivity index (χ0n) is 18.4. The van der Waals surface area contributed by atoms with Gasteiger partial charge in [-0.3, -0.25) is 14.7 Å². The molecule has 0 bridgehead atoms. The number of hydrogen-bond acceptors (Lipinski definition) is 5. The number of carbonyl (C=O) groups is 1. The molecular weight excluding hydrogens is 390 g/mol. The van der Waals surface area contributed by atoms with E-state index in [9.17, 15) is 4.79 Å². The molecule has 6 heteroatoms. The maximum atomic E-state index is 13.3. The van der Waals surface area contributed by atoms with Gasteiger partial charge in [-0.1, -0.05) is 12.1 Å². The fourth-order valence-electron chi connectivity index (χ4n) is 4.08. The van der Waals surface area contributed by atoms with Crippen LogP contribution in [0, 0.1) is 6.92 Å². The van der Waals surface area contributed by atoms with E-state index >= 15 is 0 Å². The second kappa shape index (κ2) is 9.35. The van der Waals surface area contributed by atoms with Crippen molar-refractivity contribution in [1.82, 2.24) is 14.8 Å². The SMILES string of the molecule is COc1ccc(CN2CCCN(C(=O)c3cc4ccc(OC)cc4nc3C)CC2)cc1. The van der Waals surface area contributed by atoms with Crippen molar-refractivity contribution in [2.75, 3.05) is 40.4 Å². The van der Waals surface area contributed by atoms with Crippen molar-refractivity contribution in [1.29, 1.82) is 0 Å². The number of methoxy groups -OCH3 is 2. The number of fused-ring (bicyclic) bond motifs is 1. The Morgan fingerprint density at radius 3 is 2.42 bits per heavy atom. The normalized spacial score (nSPS) is 15.0. The summed E-state index contributed by atoms with van der Waals surface area (Å²) >= 11 is 0. The molecule has 162 valence electrons. The van der Waals surface area contributed by atoms with Crippen LogP contribution < -0.4 is 9.47 Å². The molecule has 1 amide bonds. The molecule has 3 aromatic rings. The second-order valence-electron chi connectivity index (χ2n) is 7.95. The number of pyridine rings is 1. The lowest BCUT2D eigenvalue weighted by Gasteiger charge is -2.23.